The van der Waals surface area contributed by atoms with Crippen LogP contribution in [0.4, 0.5) is 0 Å². The lowest BCUT2D eigenvalue weighted by molar-refractivity contribution is 0.574. The van der Waals surface area contributed by atoms with Crippen LogP contribution in [-0.4, -0.2) is 0 Å². The highest BCUT2D eigenvalue weighted by Crippen LogP contribution is 2.34. The standard InChI is InChI=1S/C17H18BrN/c1-12-3-2-4-14(11-12)17-10-9-16(19-17)13-5-7-15(18)8-6-13/h2-8,11,16-17,19H,9-10H2,1H3/t16-,17-/m0/s1. The number of halogens is 1. The van der Waals surface area contributed by atoms with Crippen LogP contribution in [0.5, 0.6) is 0 Å². The van der Waals surface area contributed by atoms with E-state index in [1.165, 1.54) is 29.5 Å². The minimum Gasteiger partial charge on any atom is -0.303 e. The summed E-state index contributed by atoms with van der Waals surface area (Å²) < 4.78 is 1.14. The molecule has 0 saturated carbocycles. The molecule has 0 aromatic heterocycles. The fraction of sp³-hybridized carbons (Fsp3) is 0.294. The second-order valence-corrected chi connectivity index (χ2v) is 6.23. The molecule has 2 heteroatoms. The molecular formula is C17H18BrN. The molecule has 0 spiro atoms. The van der Waals surface area contributed by atoms with E-state index >= 15 is 0 Å². The lowest BCUT2D eigenvalue weighted by Crippen LogP contribution is -2.17. The molecule has 0 unspecified atom stereocenters. The van der Waals surface area contributed by atoms with Crippen molar-refractivity contribution in [1.29, 1.82) is 0 Å². The third-order valence-electron chi connectivity index (χ3n) is 3.86. The van der Waals surface area contributed by atoms with Crippen molar-refractivity contribution in [3.63, 3.8) is 0 Å². The Morgan fingerprint density at radius 1 is 0.947 bits per heavy atom. The van der Waals surface area contributed by atoms with E-state index < -0.39 is 0 Å². The quantitative estimate of drug-likeness (QED) is 0.829. The van der Waals surface area contributed by atoms with Gasteiger partial charge in [-0.2, -0.15) is 0 Å². The molecule has 0 amide bonds. The first-order valence-corrected chi connectivity index (χ1v) is 7.60. The second-order valence-electron chi connectivity index (χ2n) is 5.31. The van der Waals surface area contributed by atoms with E-state index in [0.29, 0.717) is 12.1 Å². The highest BCUT2D eigenvalue weighted by Gasteiger charge is 2.25. The number of nitrogens with one attached hydrogen (secondary N) is 1. The number of rotatable bonds is 2. The summed E-state index contributed by atoms with van der Waals surface area (Å²) in [5.74, 6) is 0. The van der Waals surface area contributed by atoms with Gasteiger partial charge in [0, 0.05) is 16.6 Å². The highest BCUT2D eigenvalue weighted by atomic mass is 79.9. The SMILES string of the molecule is Cc1cccc([C@@H]2CC[C@@H](c3ccc(Br)cc3)N2)c1. The molecular weight excluding hydrogens is 298 g/mol. The zero-order chi connectivity index (χ0) is 13.2. The van der Waals surface area contributed by atoms with Crippen molar-refractivity contribution < 1.29 is 0 Å². The van der Waals surface area contributed by atoms with Crippen LogP contribution in [0.15, 0.2) is 53.0 Å². The second kappa shape index (κ2) is 5.48. The first-order chi connectivity index (χ1) is 9.22. The van der Waals surface area contributed by atoms with Gasteiger partial charge in [-0.1, -0.05) is 57.9 Å². The van der Waals surface area contributed by atoms with Gasteiger partial charge in [-0.3, -0.25) is 0 Å². The molecule has 98 valence electrons. The summed E-state index contributed by atoms with van der Waals surface area (Å²) in [7, 11) is 0. The molecule has 1 saturated heterocycles. The van der Waals surface area contributed by atoms with E-state index in [9.17, 15) is 0 Å². The van der Waals surface area contributed by atoms with Gasteiger partial charge < -0.3 is 5.32 Å². The Morgan fingerprint density at radius 3 is 2.32 bits per heavy atom. The van der Waals surface area contributed by atoms with Crippen LogP contribution >= 0.6 is 15.9 Å². The topological polar surface area (TPSA) is 12.0 Å². The normalized spacial score (nSPS) is 22.6. The van der Waals surface area contributed by atoms with Crippen molar-refractivity contribution in [2.45, 2.75) is 31.8 Å². The Balaban J connectivity index is 1.75. The number of benzene rings is 2. The Kier molecular flexibility index (Phi) is 3.72. The van der Waals surface area contributed by atoms with Gasteiger partial charge in [0.05, 0.1) is 0 Å². The third-order valence-corrected chi connectivity index (χ3v) is 4.39. The molecule has 1 heterocycles. The van der Waals surface area contributed by atoms with Crippen LogP contribution < -0.4 is 5.32 Å². The van der Waals surface area contributed by atoms with E-state index in [1.54, 1.807) is 0 Å². The van der Waals surface area contributed by atoms with E-state index in [4.69, 9.17) is 0 Å². The average Bonchev–Trinajstić information content (AvgIpc) is 2.89. The predicted molar refractivity (Wildman–Crippen MR) is 83.2 cm³/mol. The molecule has 0 bridgehead atoms. The Morgan fingerprint density at radius 2 is 1.63 bits per heavy atom. The predicted octanol–water partition coefficient (Wildman–Crippen LogP) is 4.92. The average molecular weight is 316 g/mol. The van der Waals surface area contributed by atoms with Gasteiger partial charge in [0.1, 0.15) is 0 Å². The summed E-state index contributed by atoms with van der Waals surface area (Å²) in [6.07, 6.45) is 2.42. The molecule has 1 N–H and O–H groups in total. The molecule has 0 radical (unpaired) electrons. The lowest BCUT2D eigenvalue weighted by Gasteiger charge is -2.15. The smallest absolute Gasteiger partial charge is 0.0326 e. The van der Waals surface area contributed by atoms with E-state index in [2.05, 4.69) is 76.7 Å². The molecule has 3 rings (SSSR count). The van der Waals surface area contributed by atoms with Gasteiger partial charge in [0.25, 0.3) is 0 Å². The Hall–Kier alpha value is -1.12. The first-order valence-electron chi connectivity index (χ1n) is 6.80. The van der Waals surface area contributed by atoms with Crippen molar-refractivity contribution in [1.82, 2.24) is 5.32 Å². The largest absolute Gasteiger partial charge is 0.303 e. The van der Waals surface area contributed by atoms with Crippen molar-refractivity contribution in [3.8, 4) is 0 Å². The summed E-state index contributed by atoms with van der Waals surface area (Å²) >= 11 is 3.49. The molecule has 1 aliphatic heterocycles. The molecule has 0 aliphatic carbocycles. The fourth-order valence-corrected chi connectivity index (χ4v) is 3.11. The number of hydrogen-bond donors (Lipinski definition) is 1. The van der Waals surface area contributed by atoms with Crippen molar-refractivity contribution in [2.24, 2.45) is 0 Å². The van der Waals surface area contributed by atoms with E-state index in [1.807, 2.05) is 0 Å². The van der Waals surface area contributed by atoms with Crippen LogP contribution in [0.3, 0.4) is 0 Å². The van der Waals surface area contributed by atoms with Gasteiger partial charge in [-0.15, -0.1) is 0 Å². The van der Waals surface area contributed by atoms with Crippen LogP contribution in [0.1, 0.15) is 41.6 Å². The summed E-state index contributed by atoms with van der Waals surface area (Å²) in [6, 6.07) is 18.5. The third kappa shape index (κ3) is 2.90. The minimum absolute atomic E-state index is 0.485. The molecule has 2 aromatic carbocycles. The van der Waals surface area contributed by atoms with E-state index in [0.717, 1.165) is 4.47 Å². The zero-order valence-corrected chi connectivity index (χ0v) is 12.7. The van der Waals surface area contributed by atoms with Gasteiger partial charge in [0.15, 0.2) is 0 Å². The maximum Gasteiger partial charge on any atom is 0.0326 e. The number of aryl methyl sites for hydroxylation is 1. The summed E-state index contributed by atoms with van der Waals surface area (Å²) in [5, 5.41) is 3.75. The van der Waals surface area contributed by atoms with Gasteiger partial charge in [-0.05, 0) is 43.0 Å². The van der Waals surface area contributed by atoms with Crippen molar-refractivity contribution >= 4 is 15.9 Å². The Bertz CT molecular complexity index is 562. The molecule has 1 fully saturated rings. The molecule has 19 heavy (non-hydrogen) atoms. The lowest BCUT2D eigenvalue weighted by atomic mass is 10.0. The molecule has 1 aliphatic rings. The monoisotopic (exact) mass is 315 g/mol. The van der Waals surface area contributed by atoms with Crippen molar-refractivity contribution in [3.05, 3.63) is 69.7 Å². The van der Waals surface area contributed by atoms with E-state index in [-0.39, 0.29) is 0 Å². The Labute approximate surface area is 123 Å². The number of hydrogen-bond acceptors (Lipinski definition) is 1. The highest BCUT2D eigenvalue weighted by molar-refractivity contribution is 9.10. The van der Waals surface area contributed by atoms with Gasteiger partial charge >= 0.3 is 0 Å². The molecule has 1 nitrogen and oxygen atoms in total. The maximum absolute atomic E-state index is 3.75. The summed E-state index contributed by atoms with van der Waals surface area (Å²) in [6.45, 7) is 2.16. The zero-order valence-electron chi connectivity index (χ0n) is 11.1. The molecule has 2 aromatic rings. The van der Waals surface area contributed by atoms with Crippen LogP contribution in [-0.2, 0) is 0 Å². The van der Waals surface area contributed by atoms with Gasteiger partial charge in [0.2, 0.25) is 0 Å². The van der Waals surface area contributed by atoms with Crippen molar-refractivity contribution in [2.75, 3.05) is 0 Å². The summed E-state index contributed by atoms with van der Waals surface area (Å²) in [4.78, 5) is 0. The minimum atomic E-state index is 0.485. The first kappa shape index (κ1) is 12.9. The maximum atomic E-state index is 3.75. The van der Waals surface area contributed by atoms with Crippen LogP contribution in [0.2, 0.25) is 0 Å². The van der Waals surface area contributed by atoms with Crippen LogP contribution in [0, 0.1) is 6.92 Å². The molecule has 2 atom stereocenters. The summed E-state index contributed by atoms with van der Waals surface area (Å²) in [5.41, 5.74) is 4.14. The van der Waals surface area contributed by atoms with Gasteiger partial charge in [-0.25, -0.2) is 0 Å². The van der Waals surface area contributed by atoms with Crippen LogP contribution in [0.25, 0.3) is 0 Å². The fourth-order valence-electron chi connectivity index (χ4n) is 2.85.